The highest BCUT2D eigenvalue weighted by molar-refractivity contribution is 6.18. The third kappa shape index (κ3) is 3.74. The van der Waals surface area contributed by atoms with Crippen LogP contribution in [0.25, 0.3) is 22.5 Å². The van der Waals surface area contributed by atoms with Crippen molar-refractivity contribution < 1.29 is 9.53 Å². The summed E-state index contributed by atoms with van der Waals surface area (Å²) in [6, 6.07) is 18.8. The number of aromatic nitrogens is 2. The number of ether oxygens (including phenoxy) is 1. The molecule has 3 aliphatic rings. The van der Waals surface area contributed by atoms with Gasteiger partial charge in [-0.05, 0) is 44.7 Å². The van der Waals surface area contributed by atoms with E-state index in [-0.39, 0.29) is 17.6 Å². The van der Waals surface area contributed by atoms with Crippen molar-refractivity contribution >= 4 is 17.7 Å². The standard InChI is InChI=1S/C28H31N5O2/c1-4-31-26(34)23-25(33-18-28(2,3)30-27(31)33)32(17-22-11-8-16-35-22)24(29-23)21-14-12-20(13-15-21)19-9-6-5-7-10-19/h5-7,9-10,12-15,22H,4,8,11,16-18H2,1-3H3. The van der Waals surface area contributed by atoms with Gasteiger partial charge in [-0.1, -0.05) is 54.6 Å². The number of nitrogens with zero attached hydrogens (tertiary/aromatic N) is 5. The summed E-state index contributed by atoms with van der Waals surface area (Å²) in [7, 11) is 0. The molecule has 1 unspecified atom stereocenters. The van der Waals surface area contributed by atoms with Gasteiger partial charge in [0.15, 0.2) is 5.69 Å². The Bertz CT molecular complexity index is 1290. The fourth-order valence-corrected chi connectivity index (χ4v) is 5.39. The second-order valence-electron chi connectivity index (χ2n) is 10.2. The first-order chi connectivity index (χ1) is 16.9. The maximum atomic E-state index is 13.6. The molecule has 3 aliphatic heterocycles. The third-order valence-electron chi connectivity index (χ3n) is 7.05. The lowest BCUT2D eigenvalue weighted by Gasteiger charge is -2.34. The molecule has 0 aliphatic carbocycles. The Hall–Kier alpha value is -3.45. The number of benzene rings is 2. The quantitative estimate of drug-likeness (QED) is 0.537. The van der Waals surface area contributed by atoms with E-state index >= 15 is 0 Å². The molecular formula is C28H31N5O2. The molecule has 180 valence electrons. The first-order valence-corrected chi connectivity index (χ1v) is 12.5. The average Bonchev–Trinajstić information content (AvgIpc) is 3.58. The number of fused-ring (bicyclic) bond motifs is 3. The van der Waals surface area contributed by atoms with Crippen LogP contribution in [0.15, 0.2) is 59.6 Å². The molecule has 1 saturated heterocycles. The van der Waals surface area contributed by atoms with Crippen LogP contribution in [0.2, 0.25) is 0 Å². The van der Waals surface area contributed by atoms with Crippen molar-refractivity contribution in [1.29, 1.82) is 0 Å². The van der Waals surface area contributed by atoms with Crippen LogP contribution in [0.1, 0.15) is 44.1 Å². The minimum absolute atomic E-state index is 0.0801. The molecule has 3 aromatic rings. The molecule has 0 N–H and O–H groups in total. The summed E-state index contributed by atoms with van der Waals surface area (Å²) in [5.74, 6) is 2.31. The zero-order valence-electron chi connectivity index (χ0n) is 20.6. The summed E-state index contributed by atoms with van der Waals surface area (Å²) in [6.45, 7) is 8.94. The zero-order valence-corrected chi connectivity index (χ0v) is 20.6. The predicted octanol–water partition coefficient (Wildman–Crippen LogP) is 4.83. The number of rotatable bonds is 5. The number of carbonyl (C=O) groups excluding carboxylic acids is 1. The fraction of sp³-hybridized carbons (Fsp3) is 0.393. The largest absolute Gasteiger partial charge is 0.376 e. The molecule has 1 atom stereocenters. The molecule has 4 heterocycles. The van der Waals surface area contributed by atoms with E-state index in [0.29, 0.717) is 25.3 Å². The summed E-state index contributed by atoms with van der Waals surface area (Å²) in [4.78, 5) is 27.4. The Morgan fingerprint density at radius 3 is 2.43 bits per heavy atom. The number of imidazole rings is 1. The summed E-state index contributed by atoms with van der Waals surface area (Å²) >= 11 is 0. The molecular weight excluding hydrogens is 438 g/mol. The lowest BCUT2D eigenvalue weighted by Crippen LogP contribution is -2.51. The molecule has 35 heavy (non-hydrogen) atoms. The van der Waals surface area contributed by atoms with Gasteiger partial charge in [0.1, 0.15) is 11.6 Å². The van der Waals surface area contributed by atoms with Gasteiger partial charge in [-0.3, -0.25) is 14.6 Å². The highest BCUT2D eigenvalue weighted by Gasteiger charge is 2.46. The van der Waals surface area contributed by atoms with E-state index in [4.69, 9.17) is 14.7 Å². The van der Waals surface area contributed by atoms with Crippen LogP contribution in [-0.4, -0.2) is 57.7 Å². The van der Waals surface area contributed by atoms with Gasteiger partial charge in [-0.15, -0.1) is 0 Å². The van der Waals surface area contributed by atoms with Gasteiger partial charge in [0.25, 0.3) is 5.91 Å². The van der Waals surface area contributed by atoms with Gasteiger partial charge in [-0.25, -0.2) is 9.98 Å². The maximum Gasteiger partial charge on any atom is 0.283 e. The van der Waals surface area contributed by atoms with Gasteiger partial charge in [-0.2, -0.15) is 0 Å². The molecule has 1 aromatic heterocycles. The number of anilines is 1. The minimum atomic E-state index is -0.277. The van der Waals surface area contributed by atoms with Crippen molar-refractivity contribution in [1.82, 2.24) is 14.5 Å². The number of amides is 1. The highest BCUT2D eigenvalue weighted by atomic mass is 16.5. The fourth-order valence-electron chi connectivity index (χ4n) is 5.39. The molecule has 2 aromatic carbocycles. The lowest BCUT2D eigenvalue weighted by molar-refractivity contribution is 0.0838. The molecule has 1 fully saturated rings. The van der Waals surface area contributed by atoms with Crippen LogP contribution < -0.4 is 4.90 Å². The minimum Gasteiger partial charge on any atom is -0.376 e. The van der Waals surface area contributed by atoms with E-state index in [9.17, 15) is 4.79 Å². The van der Waals surface area contributed by atoms with Crippen molar-refractivity contribution in [3.05, 3.63) is 60.3 Å². The van der Waals surface area contributed by atoms with E-state index in [1.165, 1.54) is 5.56 Å². The monoisotopic (exact) mass is 469 g/mol. The van der Waals surface area contributed by atoms with Crippen molar-refractivity contribution in [2.75, 3.05) is 24.6 Å². The van der Waals surface area contributed by atoms with Crippen LogP contribution in [-0.2, 0) is 11.3 Å². The van der Waals surface area contributed by atoms with Gasteiger partial charge < -0.3 is 9.30 Å². The Balaban J connectivity index is 1.48. The Morgan fingerprint density at radius 2 is 1.74 bits per heavy atom. The maximum absolute atomic E-state index is 13.6. The number of hydrogen-bond acceptors (Lipinski definition) is 5. The topological polar surface area (TPSA) is 63.0 Å². The van der Waals surface area contributed by atoms with Crippen LogP contribution >= 0.6 is 0 Å². The summed E-state index contributed by atoms with van der Waals surface area (Å²) in [5.41, 5.74) is 3.55. The second kappa shape index (κ2) is 8.34. The number of carbonyl (C=O) groups is 1. The van der Waals surface area contributed by atoms with Crippen LogP contribution in [0, 0.1) is 0 Å². The summed E-state index contributed by atoms with van der Waals surface area (Å²) in [6.07, 6.45) is 2.20. The zero-order chi connectivity index (χ0) is 24.2. The Labute approximate surface area is 206 Å². The van der Waals surface area contributed by atoms with Crippen LogP contribution in [0.3, 0.4) is 0 Å². The molecule has 0 spiro atoms. The molecule has 6 rings (SSSR count). The average molecular weight is 470 g/mol. The van der Waals surface area contributed by atoms with E-state index < -0.39 is 0 Å². The third-order valence-corrected chi connectivity index (χ3v) is 7.05. The van der Waals surface area contributed by atoms with E-state index in [1.807, 2.05) is 25.1 Å². The van der Waals surface area contributed by atoms with Gasteiger partial charge in [0.2, 0.25) is 5.96 Å². The molecule has 0 saturated carbocycles. The number of guanidine groups is 1. The summed E-state index contributed by atoms with van der Waals surface area (Å²) in [5, 5.41) is 0. The van der Waals surface area contributed by atoms with Crippen molar-refractivity contribution in [2.45, 2.75) is 51.8 Å². The molecule has 7 nitrogen and oxygen atoms in total. The van der Waals surface area contributed by atoms with Crippen LogP contribution in [0.4, 0.5) is 5.82 Å². The van der Waals surface area contributed by atoms with E-state index in [2.05, 4.69) is 59.7 Å². The first-order valence-electron chi connectivity index (χ1n) is 12.5. The van der Waals surface area contributed by atoms with Crippen molar-refractivity contribution in [3.8, 4) is 22.5 Å². The number of hydrogen-bond donors (Lipinski definition) is 0. The predicted molar refractivity (Wildman–Crippen MR) is 138 cm³/mol. The van der Waals surface area contributed by atoms with Crippen LogP contribution in [0.5, 0.6) is 0 Å². The normalized spacial score (nSPS) is 20.7. The molecule has 0 radical (unpaired) electrons. The van der Waals surface area contributed by atoms with E-state index in [1.54, 1.807) is 4.90 Å². The second-order valence-corrected chi connectivity index (χ2v) is 10.2. The molecule has 0 bridgehead atoms. The first kappa shape index (κ1) is 22.0. The number of aliphatic imine (C=N–C) groups is 1. The smallest absolute Gasteiger partial charge is 0.283 e. The van der Waals surface area contributed by atoms with Gasteiger partial charge in [0, 0.05) is 18.7 Å². The highest BCUT2D eigenvalue weighted by Crippen LogP contribution is 2.39. The van der Waals surface area contributed by atoms with Crippen molar-refractivity contribution in [2.24, 2.45) is 4.99 Å². The molecule has 7 heteroatoms. The summed E-state index contributed by atoms with van der Waals surface area (Å²) < 4.78 is 8.21. The van der Waals surface area contributed by atoms with E-state index in [0.717, 1.165) is 48.2 Å². The Kier molecular flexibility index (Phi) is 5.25. The lowest BCUT2D eigenvalue weighted by atomic mass is 10.0. The SMILES string of the molecule is CCN1C(=O)c2nc(-c3ccc(-c4ccccc4)cc3)n(CC3CCCO3)c2N2CC(C)(C)N=C12. The Morgan fingerprint density at radius 1 is 1.03 bits per heavy atom. The van der Waals surface area contributed by atoms with Crippen molar-refractivity contribution in [3.63, 3.8) is 0 Å². The van der Waals surface area contributed by atoms with Gasteiger partial charge in [0.05, 0.1) is 24.7 Å². The molecule has 1 amide bonds. The van der Waals surface area contributed by atoms with Gasteiger partial charge >= 0.3 is 0 Å².